The van der Waals surface area contributed by atoms with Crippen LogP contribution in [0.25, 0.3) is 0 Å². The minimum Gasteiger partial charge on any atom is -0.369 e. The van der Waals surface area contributed by atoms with E-state index in [-0.39, 0.29) is 0 Å². The zero-order chi connectivity index (χ0) is 11.8. The standard InChI is InChI=1S/C13H19BrN2/c1-9(2)13(4-5-13)8-16-12-10(3)6-11(14)7-15-12/h6-7,9H,4-5,8H2,1-3H3,(H,15,16). The minimum atomic E-state index is 0.529. The zero-order valence-electron chi connectivity index (χ0n) is 10.2. The first-order valence-corrected chi connectivity index (χ1v) is 6.69. The van der Waals surface area contributed by atoms with E-state index in [4.69, 9.17) is 0 Å². The van der Waals surface area contributed by atoms with Gasteiger partial charge in [0.15, 0.2) is 0 Å². The molecular weight excluding hydrogens is 264 g/mol. The maximum Gasteiger partial charge on any atom is 0.128 e. The van der Waals surface area contributed by atoms with Crippen molar-refractivity contribution in [3.05, 3.63) is 22.3 Å². The zero-order valence-corrected chi connectivity index (χ0v) is 11.8. The molecule has 88 valence electrons. The first-order valence-electron chi connectivity index (χ1n) is 5.89. The van der Waals surface area contributed by atoms with Gasteiger partial charge in [-0.3, -0.25) is 0 Å². The van der Waals surface area contributed by atoms with Gasteiger partial charge in [-0.25, -0.2) is 4.98 Å². The Morgan fingerprint density at radius 1 is 1.50 bits per heavy atom. The summed E-state index contributed by atoms with van der Waals surface area (Å²) in [6, 6.07) is 2.10. The van der Waals surface area contributed by atoms with Crippen molar-refractivity contribution in [3.8, 4) is 0 Å². The summed E-state index contributed by atoms with van der Waals surface area (Å²) in [6.07, 6.45) is 4.56. The van der Waals surface area contributed by atoms with E-state index in [9.17, 15) is 0 Å². The van der Waals surface area contributed by atoms with Crippen LogP contribution in [0.2, 0.25) is 0 Å². The molecule has 0 aromatic carbocycles. The van der Waals surface area contributed by atoms with E-state index in [1.54, 1.807) is 0 Å². The molecule has 0 amide bonds. The molecule has 2 rings (SSSR count). The Balaban J connectivity index is 2.00. The fraction of sp³-hybridized carbons (Fsp3) is 0.615. The van der Waals surface area contributed by atoms with Gasteiger partial charge in [0.1, 0.15) is 5.82 Å². The Labute approximate surface area is 106 Å². The van der Waals surface area contributed by atoms with Crippen LogP contribution in [-0.4, -0.2) is 11.5 Å². The summed E-state index contributed by atoms with van der Waals surface area (Å²) in [5.41, 5.74) is 1.73. The molecule has 0 atom stereocenters. The summed E-state index contributed by atoms with van der Waals surface area (Å²) in [4.78, 5) is 4.41. The molecule has 1 aliphatic carbocycles. The van der Waals surface area contributed by atoms with Crippen molar-refractivity contribution in [1.29, 1.82) is 0 Å². The molecule has 1 aromatic heterocycles. The maximum absolute atomic E-state index is 4.41. The van der Waals surface area contributed by atoms with Crippen molar-refractivity contribution in [1.82, 2.24) is 4.98 Å². The van der Waals surface area contributed by atoms with Crippen molar-refractivity contribution < 1.29 is 0 Å². The van der Waals surface area contributed by atoms with Crippen LogP contribution in [0.15, 0.2) is 16.7 Å². The van der Waals surface area contributed by atoms with Crippen LogP contribution in [0.5, 0.6) is 0 Å². The molecule has 2 nitrogen and oxygen atoms in total. The molecule has 1 aliphatic rings. The number of nitrogens with zero attached hydrogens (tertiary/aromatic N) is 1. The molecule has 0 saturated heterocycles. The van der Waals surface area contributed by atoms with E-state index in [2.05, 4.69) is 53.1 Å². The molecule has 0 bridgehead atoms. The van der Waals surface area contributed by atoms with E-state index in [0.717, 1.165) is 22.8 Å². The van der Waals surface area contributed by atoms with Crippen LogP contribution in [0.1, 0.15) is 32.3 Å². The number of aromatic nitrogens is 1. The largest absolute Gasteiger partial charge is 0.369 e. The van der Waals surface area contributed by atoms with Crippen molar-refractivity contribution in [2.24, 2.45) is 11.3 Å². The molecule has 0 aliphatic heterocycles. The summed E-state index contributed by atoms with van der Waals surface area (Å²) in [7, 11) is 0. The van der Waals surface area contributed by atoms with Gasteiger partial charge in [0.2, 0.25) is 0 Å². The SMILES string of the molecule is Cc1cc(Br)cnc1NCC1(C(C)C)CC1. The van der Waals surface area contributed by atoms with Gasteiger partial charge in [-0.15, -0.1) is 0 Å². The fourth-order valence-corrected chi connectivity index (χ4v) is 2.55. The van der Waals surface area contributed by atoms with Crippen molar-refractivity contribution >= 4 is 21.7 Å². The number of hydrogen-bond donors (Lipinski definition) is 1. The van der Waals surface area contributed by atoms with Gasteiger partial charge in [0.25, 0.3) is 0 Å². The second-order valence-electron chi connectivity index (χ2n) is 5.19. The molecule has 16 heavy (non-hydrogen) atoms. The Morgan fingerprint density at radius 2 is 2.19 bits per heavy atom. The molecule has 1 heterocycles. The molecule has 1 N–H and O–H groups in total. The lowest BCUT2D eigenvalue weighted by molar-refractivity contribution is 0.380. The number of halogens is 1. The summed E-state index contributed by atoms with van der Waals surface area (Å²) < 4.78 is 1.04. The molecule has 1 aromatic rings. The maximum atomic E-state index is 4.41. The van der Waals surface area contributed by atoms with Crippen molar-refractivity contribution in [3.63, 3.8) is 0 Å². The summed E-state index contributed by atoms with van der Waals surface area (Å²) in [5.74, 6) is 1.78. The average molecular weight is 283 g/mol. The third-order valence-corrected chi connectivity index (χ3v) is 4.20. The van der Waals surface area contributed by atoms with Crippen LogP contribution < -0.4 is 5.32 Å². The fourth-order valence-electron chi connectivity index (χ4n) is 2.10. The second-order valence-corrected chi connectivity index (χ2v) is 6.11. The number of nitrogens with one attached hydrogen (secondary N) is 1. The molecule has 0 unspecified atom stereocenters. The average Bonchev–Trinajstić information content (AvgIpc) is 2.97. The lowest BCUT2D eigenvalue weighted by atomic mass is 9.92. The van der Waals surface area contributed by atoms with Crippen LogP contribution in [0.4, 0.5) is 5.82 Å². The summed E-state index contributed by atoms with van der Waals surface area (Å²) >= 11 is 3.43. The number of aryl methyl sites for hydroxylation is 1. The third-order valence-electron chi connectivity index (χ3n) is 3.77. The van der Waals surface area contributed by atoms with Gasteiger partial charge in [0.05, 0.1) is 0 Å². The summed E-state index contributed by atoms with van der Waals surface area (Å²) in [6.45, 7) is 7.78. The predicted molar refractivity (Wildman–Crippen MR) is 71.7 cm³/mol. The minimum absolute atomic E-state index is 0.529. The number of rotatable bonds is 4. The highest BCUT2D eigenvalue weighted by molar-refractivity contribution is 9.10. The van der Waals surface area contributed by atoms with Gasteiger partial charge in [-0.2, -0.15) is 0 Å². The van der Waals surface area contributed by atoms with E-state index >= 15 is 0 Å². The number of hydrogen-bond acceptors (Lipinski definition) is 2. The van der Waals surface area contributed by atoms with Crippen LogP contribution in [-0.2, 0) is 0 Å². The predicted octanol–water partition coefficient (Wildman–Crippen LogP) is 4.00. The lowest BCUT2D eigenvalue weighted by Gasteiger charge is -2.21. The van der Waals surface area contributed by atoms with Crippen molar-refractivity contribution in [2.75, 3.05) is 11.9 Å². The van der Waals surface area contributed by atoms with Gasteiger partial charge in [-0.1, -0.05) is 13.8 Å². The van der Waals surface area contributed by atoms with Gasteiger partial charge in [-0.05, 0) is 58.7 Å². The second kappa shape index (κ2) is 4.36. The Hall–Kier alpha value is -0.570. The monoisotopic (exact) mass is 282 g/mol. The van der Waals surface area contributed by atoms with Crippen molar-refractivity contribution in [2.45, 2.75) is 33.6 Å². The van der Waals surface area contributed by atoms with Gasteiger partial charge >= 0.3 is 0 Å². The first-order chi connectivity index (χ1) is 7.53. The highest BCUT2D eigenvalue weighted by atomic mass is 79.9. The van der Waals surface area contributed by atoms with E-state index in [0.29, 0.717) is 5.41 Å². The van der Waals surface area contributed by atoms with Crippen LogP contribution >= 0.6 is 15.9 Å². The number of pyridine rings is 1. The van der Waals surface area contributed by atoms with Crippen LogP contribution in [0.3, 0.4) is 0 Å². The molecule has 3 heteroatoms. The first kappa shape index (κ1) is 11.9. The molecule has 0 spiro atoms. The Bertz CT molecular complexity index is 384. The molecule has 1 saturated carbocycles. The molecular formula is C13H19BrN2. The highest BCUT2D eigenvalue weighted by Crippen LogP contribution is 2.51. The van der Waals surface area contributed by atoms with Gasteiger partial charge in [0, 0.05) is 17.2 Å². The smallest absolute Gasteiger partial charge is 0.128 e. The van der Waals surface area contributed by atoms with Gasteiger partial charge < -0.3 is 5.32 Å². The molecule has 1 fully saturated rings. The van der Waals surface area contributed by atoms with Crippen LogP contribution in [0, 0.1) is 18.3 Å². The highest BCUT2D eigenvalue weighted by Gasteiger charge is 2.44. The normalized spacial score (nSPS) is 17.6. The molecule has 0 radical (unpaired) electrons. The quantitative estimate of drug-likeness (QED) is 0.903. The number of anilines is 1. The topological polar surface area (TPSA) is 24.9 Å². The summed E-state index contributed by atoms with van der Waals surface area (Å²) in [5, 5.41) is 3.49. The lowest BCUT2D eigenvalue weighted by Crippen LogP contribution is -2.21. The Morgan fingerprint density at radius 3 is 2.69 bits per heavy atom. The third kappa shape index (κ3) is 2.40. The Kier molecular flexibility index (Phi) is 3.24. The van der Waals surface area contributed by atoms with E-state index < -0.39 is 0 Å². The van der Waals surface area contributed by atoms with E-state index in [1.807, 2.05) is 6.20 Å². The van der Waals surface area contributed by atoms with E-state index in [1.165, 1.54) is 18.4 Å².